The summed E-state index contributed by atoms with van der Waals surface area (Å²) in [5.74, 6) is 1.03. The Balaban J connectivity index is 0.00000162. The first-order chi connectivity index (χ1) is 8.25. The molecule has 0 saturated carbocycles. The molecule has 18 heavy (non-hydrogen) atoms. The molecule has 1 N–H and O–H groups in total. The van der Waals surface area contributed by atoms with Gasteiger partial charge in [0.05, 0.1) is 6.54 Å². The smallest absolute Gasteiger partial charge is 0.193 e. The number of halogens is 1. The van der Waals surface area contributed by atoms with E-state index in [9.17, 15) is 0 Å². The summed E-state index contributed by atoms with van der Waals surface area (Å²) in [6.45, 7) is 5.13. The highest BCUT2D eigenvalue weighted by Gasteiger charge is 2.12. The van der Waals surface area contributed by atoms with Gasteiger partial charge in [0.25, 0.3) is 0 Å². The van der Waals surface area contributed by atoms with Gasteiger partial charge < -0.3 is 10.2 Å². The largest absolute Gasteiger partial charge is 0.355 e. The van der Waals surface area contributed by atoms with Crippen molar-refractivity contribution >= 4 is 41.7 Å². The van der Waals surface area contributed by atoms with Gasteiger partial charge in [-0.15, -0.1) is 35.7 Å². The Bertz CT molecular complexity index is 383. The summed E-state index contributed by atoms with van der Waals surface area (Å²) in [5, 5.41) is 3.94. The van der Waals surface area contributed by atoms with Crippen LogP contribution < -0.4 is 5.32 Å². The van der Waals surface area contributed by atoms with Gasteiger partial charge in [-0.25, -0.2) is 0 Å². The Hall–Kier alpha value is -0.430. The van der Waals surface area contributed by atoms with Crippen LogP contribution in [0.25, 0.3) is 0 Å². The van der Waals surface area contributed by atoms with Crippen LogP contribution in [0.5, 0.6) is 0 Å². The fourth-order valence-corrected chi connectivity index (χ4v) is 2.68. The minimum atomic E-state index is 0. The zero-order valence-corrected chi connectivity index (χ0v) is 13.9. The molecule has 1 aliphatic rings. The van der Waals surface area contributed by atoms with Gasteiger partial charge in [-0.1, -0.05) is 25.1 Å². The van der Waals surface area contributed by atoms with Gasteiger partial charge in [-0.05, 0) is 12.1 Å². The molecule has 0 fully saturated rings. The van der Waals surface area contributed by atoms with Crippen LogP contribution in [0.1, 0.15) is 6.92 Å². The zero-order valence-electron chi connectivity index (χ0n) is 10.8. The maximum absolute atomic E-state index is 4.42. The molecule has 1 unspecified atom stereocenters. The number of thioether (sulfide) groups is 1. The van der Waals surface area contributed by atoms with Gasteiger partial charge in [0.1, 0.15) is 0 Å². The fourth-order valence-electron chi connectivity index (χ4n) is 1.73. The number of benzene rings is 1. The number of likely N-dealkylation sites (N-methyl/N-ethyl adjacent to an activating group) is 1. The normalized spacial score (nSPS) is 15.9. The molecular weight excluding hydrogens is 357 g/mol. The Morgan fingerprint density at radius 1 is 1.39 bits per heavy atom. The summed E-state index contributed by atoms with van der Waals surface area (Å²) >= 11 is 1.89. The predicted molar refractivity (Wildman–Crippen MR) is 90.1 cm³/mol. The second-order valence-electron chi connectivity index (χ2n) is 4.25. The minimum Gasteiger partial charge on any atom is -0.355 e. The fraction of sp³-hybridized carbons (Fsp3) is 0.462. The molecular formula is C13H20IN3S. The average Bonchev–Trinajstić information content (AvgIpc) is 2.74. The van der Waals surface area contributed by atoms with Crippen molar-refractivity contribution in [2.75, 3.05) is 26.7 Å². The second-order valence-corrected chi connectivity index (χ2v) is 5.76. The van der Waals surface area contributed by atoms with Crippen molar-refractivity contribution in [3.8, 4) is 0 Å². The molecule has 100 valence electrons. The van der Waals surface area contributed by atoms with Crippen LogP contribution in [0, 0.1) is 0 Å². The third-order valence-electron chi connectivity index (χ3n) is 2.69. The molecule has 0 spiro atoms. The number of rotatable bonds is 4. The van der Waals surface area contributed by atoms with Crippen molar-refractivity contribution in [2.45, 2.75) is 17.1 Å². The molecule has 0 amide bonds. The third-order valence-corrected chi connectivity index (χ3v) is 3.80. The average molecular weight is 377 g/mol. The van der Waals surface area contributed by atoms with Crippen LogP contribution in [-0.4, -0.2) is 42.8 Å². The highest BCUT2D eigenvalue weighted by atomic mass is 127. The van der Waals surface area contributed by atoms with Gasteiger partial charge in [0.2, 0.25) is 0 Å². The van der Waals surface area contributed by atoms with E-state index in [4.69, 9.17) is 0 Å². The van der Waals surface area contributed by atoms with Crippen molar-refractivity contribution in [2.24, 2.45) is 4.99 Å². The Morgan fingerprint density at radius 2 is 2.11 bits per heavy atom. The Kier molecular flexibility index (Phi) is 6.85. The molecule has 3 nitrogen and oxygen atoms in total. The number of hydrogen-bond acceptors (Lipinski definition) is 4. The molecule has 1 heterocycles. The van der Waals surface area contributed by atoms with E-state index in [2.05, 4.69) is 59.5 Å². The maximum Gasteiger partial charge on any atom is 0.193 e. The molecule has 1 aromatic carbocycles. The highest BCUT2D eigenvalue weighted by molar-refractivity contribution is 14.0. The van der Waals surface area contributed by atoms with E-state index >= 15 is 0 Å². The Morgan fingerprint density at radius 3 is 2.72 bits per heavy atom. The van der Waals surface area contributed by atoms with E-state index in [1.165, 1.54) is 4.90 Å². The standard InChI is InChI=1S/C13H19N3S.HI/c1-11(17-12-6-4-3-5-7-12)10-15-13-14-8-9-16(13)2;/h3-7,11H,8-10H2,1-2H3,(H,14,15);1H. The second kappa shape index (κ2) is 7.89. The first kappa shape index (κ1) is 15.6. The van der Waals surface area contributed by atoms with Gasteiger partial charge >= 0.3 is 0 Å². The maximum atomic E-state index is 4.42. The van der Waals surface area contributed by atoms with E-state index in [0.29, 0.717) is 5.25 Å². The molecule has 0 radical (unpaired) electrons. The summed E-state index contributed by atoms with van der Waals surface area (Å²) in [4.78, 5) is 7.91. The lowest BCUT2D eigenvalue weighted by atomic mass is 10.4. The minimum absolute atomic E-state index is 0. The molecule has 0 aromatic heterocycles. The summed E-state index contributed by atoms with van der Waals surface area (Å²) in [7, 11) is 2.08. The van der Waals surface area contributed by atoms with E-state index in [1.807, 2.05) is 11.8 Å². The van der Waals surface area contributed by atoms with Gasteiger partial charge in [-0.3, -0.25) is 4.99 Å². The van der Waals surface area contributed by atoms with Crippen LogP contribution in [-0.2, 0) is 0 Å². The number of aliphatic imine (C=N–C) groups is 1. The number of hydrogen-bond donors (Lipinski definition) is 1. The summed E-state index contributed by atoms with van der Waals surface area (Å²) in [6.07, 6.45) is 0. The monoisotopic (exact) mass is 377 g/mol. The molecule has 2 rings (SSSR count). The van der Waals surface area contributed by atoms with E-state index in [1.54, 1.807) is 0 Å². The third kappa shape index (κ3) is 4.68. The van der Waals surface area contributed by atoms with Crippen LogP contribution in [0.15, 0.2) is 40.2 Å². The predicted octanol–water partition coefficient (Wildman–Crippen LogP) is 2.68. The lowest BCUT2D eigenvalue weighted by Gasteiger charge is -2.18. The van der Waals surface area contributed by atoms with Gasteiger partial charge in [-0.2, -0.15) is 0 Å². The molecule has 1 aromatic rings. The summed E-state index contributed by atoms with van der Waals surface area (Å²) in [6, 6.07) is 10.5. The van der Waals surface area contributed by atoms with Crippen molar-refractivity contribution in [1.29, 1.82) is 0 Å². The van der Waals surface area contributed by atoms with Gasteiger partial charge in [0, 0.05) is 30.3 Å². The van der Waals surface area contributed by atoms with E-state index in [-0.39, 0.29) is 24.0 Å². The molecule has 0 bridgehead atoms. The van der Waals surface area contributed by atoms with Crippen molar-refractivity contribution in [3.05, 3.63) is 30.3 Å². The van der Waals surface area contributed by atoms with Crippen molar-refractivity contribution in [1.82, 2.24) is 10.2 Å². The van der Waals surface area contributed by atoms with Gasteiger partial charge in [0.15, 0.2) is 5.96 Å². The molecule has 1 atom stereocenters. The van der Waals surface area contributed by atoms with E-state index in [0.717, 1.165) is 25.6 Å². The zero-order chi connectivity index (χ0) is 12.1. The molecule has 5 heteroatoms. The van der Waals surface area contributed by atoms with Crippen LogP contribution >= 0.6 is 35.7 Å². The van der Waals surface area contributed by atoms with Crippen LogP contribution in [0.2, 0.25) is 0 Å². The number of guanidine groups is 1. The van der Waals surface area contributed by atoms with Crippen LogP contribution in [0.4, 0.5) is 0 Å². The number of nitrogens with one attached hydrogen (secondary N) is 1. The van der Waals surface area contributed by atoms with Crippen LogP contribution in [0.3, 0.4) is 0 Å². The lowest BCUT2D eigenvalue weighted by molar-refractivity contribution is 0.534. The Labute approximate surface area is 130 Å². The van der Waals surface area contributed by atoms with E-state index < -0.39 is 0 Å². The SMILES string of the molecule is CC(CNC1=NCCN1C)Sc1ccccc1.I. The first-order valence-corrected chi connectivity index (χ1v) is 6.85. The topological polar surface area (TPSA) is 27.6 Å². The summed E-state index contributed by atoms with van der Waals surface area (Å²) in [5.41, 5.74) is 0. The quantitative estimate of drug-likeness (QED) is 0.646. The first-order valence-electron chi connectivity index (χ1n) is 5.97. The molecule has 0 saturated heterocycles. The molecule has 1 aliphatic heterocycles. The highest BCUT2D eigenvalue weighted by Crippen LogP contribution is 2.21. The lowest BCUT2D eigenvalue weighted by Crippen LogP contribution is -2.38. The number of nitrogens with zero attached hydrogens (tertiary/aromatic N) is 2. The summed E-state index contributed by atoms with van der Waals surface area (Å²) < 4.78 is 0. The molecule has 0 aliphatic carbocycles. The van der Waals surface area contributed by atoms with Crippen molar-refractivity contribution in [3.63, 3.8) is 0 Å². The van der Waals surface area contributed by atoms with Crippen molar-refractivity contribution < 1.29 is 0 Å².